The summed E-state index contributed by atoms with van der Waals surface area (Å²) in [6.07, 6.45) is 0. The van der Waals surface area contributed by atoms with E-state index in [0.717, 1.165) is 10.0 Å². The zero-order valence-corrected chi connectivity index (χ0v) is 13.2. The summed E-state index contributed by atoms with van der Waals surface area (Å²) in [4.78, 5) is 26.1. The van der Waals surface area contributed by atoms with Crippen LogP contribution in [-0.2, 0) is 4.79 Å². The molecule has 2 amide bonds. The lowest BCUT2D eigenvalue weighted by Gasteiger charge is -2.35. The maximum absolute atomic E-state index is 12.6. The Hall–Kier alpha value is -1.40. The third kappa shape index (κ3) is 3.02. The first-order valence-corrected chi connectivity index (χ1v) is 7.33. The summed E-state index contributed by atoms with van der Waals surface area (Å²) >= 11 is 3.43. The summed E-state index contributed by atoms with van der Waals surface area (Å²) < 4.78 is 0.898. The van der Waals surface area contributed by atoms with Crippen molar-refractivity contribution in [2.24, 2.45) is 0 Å². The number of hydrogen-bond donors (Lipinski definition) is 2. The van der Waals surface area contributed by atoms with Gasteiger partial charge in [-0.2, -0.15) is 0 Å². The van der Waals surface area contributed by atoms with Gasteiger partial charge in [-0.1, -0.05) is 22.0 Å². The summed E-state index contributed by atoms with van der Waals surface area (Å²) in [5.74, 6) is -0.252. The van der Waals surface area contributed by atoms with Crippen LogP contribution in [0.1, 0.15) is 15.9 Å². The van der Waals surface area contributed by atoms with Gasteiger partial charge in [0.15, 0.2) is 0 Å². The van der Waals surface area contributed by atoms with Crippen molar-refractivity contribution in [2.45, 2.75) is 13.0 Å². The van der Waals surface area contributed by atoms with Gasteiger partial charge in [0.1, 0.15) is 6.04 Å². The van der Waals surface area contributed by atoms with Crippen LogP contribution in [0.4, 0.5) is 0 Å². The summed E-state index contributed by atoms with van der Waals surface area (Å²) in [5, 5.41) is 5.75. The number of halogens is 1. The van der Waals surface area contributed by atoms with Crippen LogP contribution in [0.15, 0.2) is 22.7 Å². The van der Waals surface area contributed by atoms with Crippen LogP contribution in [-0.4, -0.2) is 49.4 Å². The minimum absolute atomic E-state index is 0.110. The second-order valence-electron chi connectivity index (χ2n) is 4.80. The Bertz CT molecular complexity index is 533. The first-order valence-electron chi connectivity index (χ1n) is 6.54. The molecule has 5 nitrogen and oxygen atoms in total. The van der Waals surface area contributed by atoms with Crippen molar-refractivity contribution in [3.8, 4) is 0 Å². The number of hydrogen-bond acceptors (Lipinski definition) is 3. The van der Waals surface area contributed by atoms with Crippen molar-refractivity contribution in [3.05, 3.63) is 33.8 Å². The number of amides is 2. The van der Waals surface area contributed by atoms with Crippen molar-refractivity contribution < 1.29 is 9.59 Å². The van der Waals surface area contributed by atoms with Crippen LogP contribution in [0.5, 0.6) is 0 Å². The summed E-state index contributed by atoms with van der Waals surface area (Å²) in [7, 11) is 1.59. The quantitative estimate of drug-likeness (QED) is 0.842. The van der Waals surface area contributed by atoms with E-state index in [9.17, 15) is 9.59 Å². The number of aryl methyl sites for hydroxylation is 1. The Morgan fingerprint density at radius 2 is 2.20 bits per heavy atom. The monoisotopic (exact) mass is 339 g/mol. The number of carbonyl (C=O) groups excluding carboxylic acids is 2. The highest BCUT2D eigenvalue weighted by molar-refractivity contribution is 9.10. The smallest absolute Gasteiger partial charge is 0.254 e. The largest absolute Gasteiger partial charge is 0.357 e. The number of benzene rings is 1. The molecule has 1 fully saturated rings. The molecule has 1 saturated heterocycles. The van der Waals surface area contributed by atoms with Gasteiger partial charge in [-0.05, 0) is 24.6 Å². The zero-order valence-electron chi connectivity index (χ0n) is 11.6. The van der Waals surface area contributed by atoms with Crippen molar-refractivity contribution in [2.75, 3.05) is 26.7 Å². The number of rotatable bonds is 2. The minimum atomic E-state index is -0.457. The molecule has 1 aromatic rings. The third-order valence-electron chi connectivity index (χ3n) is 3.47. The molecule has 0 saturated carbocycles. The van der Waals surface area contributed by atoms with E-state index in [0.29, 0.717) is 25.2 Å². The Kier molecular flexibility index (Phi) is 4.77. The van der Waals surface area contributed by atoms with Crippen molar-refractivity contribution >= 4 is 27.7 Å². The second-order valence-corrected chi connectivity index (χ2v) is 5.65. The molecule has 1 heterocycles. The van der Waals surface area contributed by atoms with Crippen molar-refractivity contribution in [3.63, 3.8) is 0 Å². The van der Waals surface area contributed by atoms with Gasteiger partial charge >= 0.3 is 0 Å². The van der Waals surface area contributed by atoms with E-state index in [2.05, 4.69) is 26.6 Å². The molecule has 2 N–H and O–H groups in total. The fourth-order valence-electron chi connectivity index (χ4n) is 2.24. The Morgan fingerprint density at radius 3 is 2.85 bits per heavy atom. The van der Waals surface area contributed by atoms with Crippen molar-refractivity contribution in [1.82, 2.24) is 15.5 Å². The SMILES string of the molecule is CNC(=O)C1CNCCN1C(=O)c1ccc(C)c(Br)c1. The van der Waals surface area contributed by atoms with Gasteiger partial charge in [0.05, 0.1) is 0 Å². The van der Waals surface area contributed by atoms with E-state index in [1.807, 2.05) is 13.0 Å². The first kappa shape index (κ1) is 15.0. The predicted octanol–water partition coefficient (Wildman–Crippen LogP) is 0.918. The van der Waals surface area contributed by atoms with E-state index < -0.39 is 6.04 Å². The molecule has 1 aliphatic rings. The second kappa shape index (κ2) is 6.37. The molecule has 108 valence electrons. The lowest BCUT2D eigenvalue weighted by Crippen LogP contribution is -2.59. The molecule has 1 aliphatic heterocycles. The van der Waals surface area contributed by atoms with Gasteiger partial charge in [0.2, 0.25) is 5.91 Å². The molecule has 6 heteroatoms. The molecule has 1 unspecified atom stereocenters. The maximum Gasteiger partial charge on any atom is 0.254 e. The molecule has 0 aromatic heterocycles. The van der Waals surface area contributed by atoms with Crippen LogP contribution in [0, 0.1) is 6.92 Å². The van der Waals surface area contributed by atoms with E-state index >= 15 is 0 Å². The Balaban J connectivity index is 2.25. The summed E-state index contributed by atoms with van der Waals surface area (Å²) in [6.45, 7) is 3.68. The standard InChI is InChI=1S/C14H18BrN3O2/c1-9-3-4-10(7-11(9)15)14(20)18-6-5-17-8-12(18)13(19)16-2/h3-4,7,12,17H,5-6,8H2,1-2H3,(H,16,19). The number of nitrogens with one attached hydrogen (secondary N) is 2. The van der Waals surface area contributed by atoms with E-state index in [1.165, 1.54) is 0 Å². The van der Waals surface area contributed by atoms with Crippen LogP contribution in [0.25, 0.3) is 0 Å². The van der Waals surface area contributed by atoms with E-state index in [1.54, 1.807) is 24.1 Å². The van der Waals surface area contributed by atoms with Gasteiger partial charge in [0, 0.05) is 36.7 Å². The maximum atomic E-state index is 12.6. The number of likely N-dealkylation sites (N-methyl/N-ethyl adjacent to an activating group) is 1. The molecular weight excluding hydrogens is 322 g/mol. The summed E-state index contributed by atoms with van der Waals surface area (Å²) in [5.41, 5.74) is 1.67. The molecule has 0 spiro atoms. The van der Waals surface area contributed by atoms with Gasteiger partial charge < -0.3 is 15.5 Å². The molecule has 1 atom stereocenters. The number of nitrogens with zero attached hydrogens (tertiary/aromatic N) is 1. The molecule has 2 rings (SSSR count). The number of carbonyl (C=O) groups is 2. The Morgan fingerprint density at radius 1 is 1.45 bits per heavy atom. The topological polar surface area (TPSA) is 61.4 Å². The normalized spacial score (nSPS) is 18.8. The van der Waals surface area contributed by atoms with E-state index in [-0.39, 0.29) is 11.8 Å². The van der Waals surface area contributed by atoms with Gasteiger partial charge in [0.25, 0.3) is 5.91 Å². The number of piperazine rings is 1. The van der Waals surface area contributed by atoms with Crippen LogP contribution < -0.4 is 10.6 Å². The summed E-state index contributed by atoms with van der Waals surface area (Å²) in [6, 6.07) is 5.04. The van der Waals surface area contributed by atoms with Crippen LogP contribution >= 0.6 is 15.9 Å². The Labute approximate surface area is 126 Å². The first-order chi connectivity index (χ1) is 9.54. The van der Waals surface area contributed by atoms with Crippen LogP contribution in [0.2, 0.25) is 0 Å². The lowest BCUT2D eigenvalue weighted by atomic mass is 10.1. The van der Waals surface area contributed by atoms with Gasteiger partial charge in [-0.25, -0.2) is 0 Å². The highest BCUT2D eigenvalue weighted by Gasteiger charge is 2.32. The van der Waals surface area contributed by atoms with Crippen molar-refractivity contribution in [1.29, 1.82) is 0 Å². The fourth-order valence-corrected chi connectivity index (χ4v) is 2.62. The van der Waals surface area contributed by atoms with Crippen LogP contribution in [0.3, 0.4) is 0 Å². The molecule has 0 aliphatic carbocycles. The highest BCUT2D eigenvalue weighted by Crippen LogP contribution is 2.19. The zero-order chi connectivity index (χ0) is 14.7. The molecule has 20 heavy (non-hydrogen) atoms. The highest BCUT2D eigenvalue weighted by atomic mass is 79.9. The lowest BCUT2D eigenvalue weighted by molar-refractivity contribution is -0.125. The molecular formula is C14H18BrN3O2. The molecule has 0 radical (unpaired) electrons. The molecule has 0 bridgehead atoms. The fraction of sp³-hybridized carbons (Fsp3) is 0.429. The average Bonchev–Trinajstić information content (AvgIpc) is 2.48. The van der Waals surface area contributed by atoms with Gasteiger partial charge in [-0.3, -0.25) is 9.59 Å². The molecule has 1 aromatic carbocycles. The van der Waals surface area contributed by atoms with E-state index in [4.69, 9.17) is 0 Å². The average molecular weight is 340 g/mol. The third-order valence-corrected chi connectivity index (χ3v) is 4.33. The van der Waals surface area contributed by atoms with Gasteiger partial charge in [-0.15, -0.1) is 0 Å². The predicted molar refractivity (Wildman–Crippen MR) is 80.6 cm³/mol. The minimum Gasteiger partial charge on any atom is -0.357 e.